The van der Waals surface area contributed by atoms with Crippen molar-refractivity contribution in [3.63, 3.8) is 0 Å². The molecule has 1 rings (SSSR count). The van der Waals surface area contributed by atoms with Gasteiger partial charge in [0.25, 0.3) is 0 Å². The Morgan fingerprint density at radius 3 is 1.79 bits per heavy atom. The summed E-state index contributed by atoms with van der Waals surface area (Å²) in [6.45, 7) is 3.04. The molecule has 1 heterocycles. The molecule has 2 N–H and O–H groups in total. The van der Waals surface area contributed by atoms with Crippen LogP contribution in [0.25, 0.3) is 0 Å². The molecule has 1 aliphatic heterocycles. The number of unbranched alkanes of at least 4 members (excludes halogenated alkanes) is 11. The van der Waals surface area contributed by atoms with Gasteiger partial charge in [-0.05, 0) is 32.6 Å². The van der Waals surface area contributed by atoms with Gasteiger partial charge in [-0.25, -0.2) is 0 Å². The Balaban J connectivity index is 1.75. The highest BCUT2D eigenvalue weighted by molar-refractivity contribution is 4.83. The Morgan fingerprint density at radius 1 is 0.792 bits per heavy atom. The molecule has 24 heavy (non-hydrogen) atoms. The van der Waals surface area contributed by atoms with Crippen LogP contribution in [0, 0.1) is 0 Å². The van der Waals surface area contributed by atoms with E-state index in [4.69, 9.17) is 4.74 Å². The lowest BCUT2D eigenvalue weighted by Crippen LogP contribution is -2.48. The average Bonchev–Trinajstić information content (AvgIpc) is 2.58. The summed E-state index contributed by atoms with van der Waals surface area (Å²) in [5.41, 5.74) is 0. The smallest absolute Gasteiger partial charge is 0.0691 e. The molecule has 0 unspecified atom stereocenters. The first-order valence-corrected chi connectivity index (χ1v) is 10.7. The highest BCUT2D eigenvalue weighted by Gasteiger charge is 2.24. The fraction of sp³-hybridized carbons (Fsp3) is 1.00. The first kappa shape index (κ1) is 21.9. The third-order valence-corrected chi connectivity index (χ3v) is 5.54. The lowest BCUT2D eigenvalue weighted by molar-refractivity contribution is 0.0849. The maximum Gasteiger partial charge on any atom is 0.0691 e. The van der Waals surface area contributed by atoms with E-state index in [1.54, 1.807) is 7.11 Å². The number of aliphatic hydroxyl groups excluding tert-OH is 1. The minimum absolute atomic E-state index is 0.133. The maximum atomic E-state index is 9.72. The molecular weight excluding hydrogens is 298 g/mol. The van der Waals surface area contributed by atoms with Crippen molar-refractivity contribution < 1.29 is 9.84 Å². The fourth-order valence-electron chi connectivity index (χ4n) is 3.82. The van der Waals surface area contributed by atoms with Crippen molar-refractivity contribution in [2.24, 2.45) is 0 Å². The standard InChI is InChI=1S/C21H43NO2/c1-19-21(23)17-16-20(22-19)15-13-11-9-7-5-3-4-6-8-10-12-14-18-24-2/h19-23H,3-18H2,1-2H3/t19-,20+,21-/m1/s1. The number of nitrogens with one attached hydrogen (secondary N) is 1. The lowest BCUT2D eigenvalue weighted by atomic mass is 9.93. The topological polar surface area (TPSA) is 41.5 Å². The highest BCUT2D eigenvalue weighted by Crippen LogP contribution is 2.18. The van der Waals surface area contributed by atoms with Gasteiger partial charge in [-0.1, -0.05) is 70.6 Å². The zero-order valence-electron chi connectivity index (χ0n) is 16.4. The molecule has 1 aliphatic rings. The third-order valence-electron chi connectivity index (χ3n) is 5.54. The van der Waals surface area contributed by atoms with Gasteiger partial charge in [0, 0.05) is 25.8 Å². The molecule has 0 aromatic rings. The zero-order chi connectivity index (χ0) is 17.5. The van der Waals surface area contributed by atoms with E-state index in [1.165, 1.54) is 83.5 Å². The zero-order valence-corrected chi connectivity index (χ0v) is 16.4. The van der Waals surface area contributed by atoms with Gasteiger partial charge in [0.05, 0.1) is 6.10 Å². The summed E-state index contributed by atoms with van der Waals surface area (Å²) < 4.78 is 5.07. The maximum absolute atomic E-state index is 9.72. The largest absolute Gasteiger partial charge is 0.392 e. The van der Waals surface area contributed by atoms with Crippen LogP contribution in [-0.4, -0.2) is 37.0 Å². The molecule has 0 amide bonds. The molecule has 3 nitrogen and oxygen atoms in total. The molecule has 0 aromatic heterocycles. The minimum Gasteiger partial charge on any atom is -0.392 e. The lowest BCUT2D eigenvalue weighted by Gasteiger charge is -2.32. The Kier molecular flexibility index (Phi) is 13.8. The summed E-state index contributed by atoms with van der Waals surface area (Å²) >= 11 is 0. The van der Waals surface area contributed by atoms with Crippen molar-refractivity contribution in [2.45, 2.75) is 121 Å². The SMILES string of the molecule is COCCCCCCCCCCCCCC[C@H]1CC[C@@H](O)[C@@H](C)N1. The molecule has 3 heteroatoms. The minimum atomic E-state index is -0.133. The second-order valence-electron chi connectivity index (χ2n) is 7.82. The molecule has 144 valence electrons. The van der Waals surface area contributed by atoms with Crippen LogP contribution >= 0.6 is 0 Å². The van der Waals surface area contributed by atoms with Gasteiger partial charge in [0.1, 0.15) is 0 Å². The van der Waals surface area contributed by atoms with E-state index < -0.39 is 0 Å². The number of methoxy groups -OCH3 is 1. The number of piperidine rings is 1. The normalized spacial score (nSPS) is 24.4. The van der Waals surface area contributed by atoms with Crippen molar-refractivity contribution >= 4 is 0 Å². The van der Waals surface area contributed by atoms with Crippen LogP contribution in [0.2, 0.25) is 0 Å². The predicted octanol–water partition coefficient (Wildman–Crippen LogP) is 5.21. The second-order valence-corrected chi connectivity index (χ2v) is 7.82. The van der Waals surface area contributed by atoms with Gasteiger partial charge < -0.3 is 15.2 Å². The average molecular weight is 342 g/mol. The number of hydrogen-bond acceptors (Lipinski definition) is 3. The third kappa shape index (κ3) is 11.4. The molecule has 1 saturated heterocycles. The summed E-state index contributed by atoms with van der Waals surface area (Å²) in [6.07, 6.45) is 19.9. The monoisotopic (exact) mass is 341 g/mol. The van der Waals surface area contributed by atoms with Crippen LogP contribution in [-0.2, 0) is 4.74 Å². The fourth-order valence-corrected chi connectivity index (χ4v) is 3.82. The van der Waals surface area contributed by atoms with Gasteiger partial charge >= 0.3 is 0 Å². The highest BCUT2D eigenvalue weighted by atomic mass is 16.5. The Morgan fingerprint density at radius 2 is 1.29 bits per heavy atom. The van der Waals surface area contributed by atoms with E-state index in [2.05, 4.69) is 12.2 Å². The van der Waals surface area contributed by atoms with E-state index >= 15 is 0 Å². The van der Waals surface area contributed by atoms with Crippen LogP contribution < -0.4 is 5.32 Å². The first-order chi connectivity index (χ1) is 11.7. The Labute approximate surface area is 150 Å². The van der Waals surface area contributed by atoms with Crippen LogP contribution in [0.3, 0.4) is 0 Å². The van der Waals surface area contributed by atoms with Crippen LogP contribution in [0.5, 0.6) is 0 Å². The summed E-state index contributed by atoms with van der Waals surface area (Å²) in [4.78, 5) is 0. The molecule has 0 spiro atoms. The van der Waals surface area contributed by atoms with Crippen LogP contribution in [0.15, 0.2) is 0 Å². The number of rotatable bonds is 15. The Bertz CT molecular complexity index is 273. The van der Waals surface area contributed by atoms with Gasteiger partial charge in [-0.3, -0.25) is 0 Å². The van der Waals surface area contributed by atoms with Crippen molar-refractivity contribution in [1.29, 1.82) is 0 Å². The molecule has 0 saturated carbocycles. The second kappa shape index (κ2) is 15.2. The molecule has 3 atom stereocenters. The van der Waals surface area contributed by atoms with Crippen molar-refractivity contribution in [2.75, 3.05) is 13.7 Å². The van der Waals surface area contributed by atoms with E-state index in [0.29, 0.717) is 6.04 Å². The summed E-state index contributed by atoms with van der Waals surface area (Å²) in [5.74, 6) is 0. The van der Waals surface area contributed by atoms with Crippen molar-refractivity contribution in [3.8, 4) is 0 Å². The Hall–Kier alpha value is -0.120. The molecule has 0 radical (unpaired) electrons. The van der Waals surface area contributed by atoms with E-state index in [0.717, 1.165) is 19.4 Å². The van der Waals surface area contributed by atoms with Crippen molar-refractivity contribution in [3.05, 3.63) is 0 Å². The van der Waals surface area contributed by atoms with Gasteiger partial charge in [-0.2, -0.15) is 0 Å². The number of ether oxygens (including phenoxy) is 1. The first-order valence-electron chi connectivity index (χ1n) is 10.7. The van der Waals surface area contributed by atoms with Crippen LogP contribution in [0.1, 0.15) is 103 Å². The quantitative estimate of drug-likeness (QED) is 0.402. The van der Waals surface area contributed by atoms with E-state index in [-0.39, 0.29) is 12.1 Å². The molecule has 0 aliphatic carbocycles. The molecular formula is C21H43NO2. The van der Waals surface area contributed by atoms with Crippen molar-refractivity contribution in [1.82, 2.24) is 5.32 Å². The van der Waals surface area contributed by atoms with Gasteiger partial charge in [-0.15, -0.1) is 0 Å². The summed E-state index contributed by atoms with van der Waals surface area (Å²) in [5, 5.41) is 13.3. The number of aliphatic hydroxyl groups is 1. The van der Waals surface area contributed by atoms with Gasteiger partial charge in [0.2, 0.25) is 0 Å². The number of hydrogen-bond donors (Lipinski definition) is 2. The predicted molar refractivity (Wildman–Crippen MR) is 104 cm³/mol. The molecule has 0 aromatic carbocycles. The van der Waals surface area contributed by atoms with E-state index in [9.17, 15) is 5.11 Å². The van der Waals surface area contributed by atoms with Gasteiger partial charge in [0.15, 0.2) is 0 Å². The van der Waals surface area contributed by atoms with Crippen LogP contribution in [0.4, 0.5) is 0 Å². The molecule has 1 fully saturated rings. The molecule has 0 bridgehead atoms. The van der Waals surface area contributed by atoms with E-state index in [1.807, 2.05) is 0 Å². The summed E-state index contributed by atoms with van der Waals surface area (Å²) in [6, 6.07) is 0.927. The summed E-state index contributed by atoms with van der Waals surface area (Å²) in [7, 11) is 1.79.